The Hall–Kier alpha value is -1.75. The average molecular weight is 236 g/mol. The summed E-state index contributed by atoms with van der Waals surface area (Å²) >= 11 is 0. The maximum absolute atomic E-state index is 9.14. The van der Waals surface area contributed by atoms with Gasteiger partial charge in [-0.15, -0.1) is 0 Å². The van der Waals surface area contributed by atoms with Gasteiger partial charge < -0.3 is 9.90 Å². The topological polar surface area (TPSA) is 40.1 Å². The Morgan fingerprint density at radius 2 is 1.39 bits per heavy atom. The quantitative estimate of drug-likeness (QED) is 0.407. The molecule has 0 aliphatic heterocycles. The predicted octanol–water partition coefficient (Wildman–Crippen LogP) is -0.386. The van der Waals surface area contributed by atoms with Gasteiger partial charge >= 0.3 is 18.9 Å². The number of hydrogen-bond donors (Lipinski definition) is 0. The number of carboxylic acids is 1. The second-order valence-corrected chi connectivity index (χ2v) is 2.61. The number of rotatable bonds is 3. The smallest absolute Gasteiger partial charge is 0.545 e. The van der Waals surface area contributed by atoms with Crippen molar-refractivity contribution in [1.82, 2.24) is 0 Å². The number of aliphatic carboxylic acids is 1. The number of carbonyl (C=O) groups is 1. The Balaban J connectivity index is -0.000000198. The largest absolute Gasteiger partial charge is 1.00 e. The standard InChI is InChI=1S/C8H8.C4H6.C3H4O2.Li/c1-2-8-6-4-3-5-7-8;1-3-4-2;1-2-3(4)5;/h2-7H,1H2;3-4H,1-2H2;2H,1H2,(H,4,5);/q;;;+1/p-1. The number of carbonyl (C=O) groups excluding carboxylic acids is 1. The van der Waals surface area contributed by atoms with E-state index in [2.05, 4.69) is 26.3 Å². The summed E-state index contributed by atoms with van der Waals surface area (Å²) in [5, 5.41) is 9.14. The van der Waals surface area contributed by atoms with Crippen molar-refractivity contribution in [2.75, 3.05) is 0 Å². The molecule has 1 aromatic rings. The first kappa shape index (κ1) is 21.5. The van der Waals surface area contributed by atoms with Crippen molar-refractivity contribution in [2.45, 2.75) is 0 Å². The van der Waals surface area contributed by atoms with Crippen LogP contribution in [0.1, 0.15) is 5.56 Å². The van der Waals surface area contributed by atoms with Crippen LogP contribution in [0.15, 0.2) is 74.9 Å². The van der Waals surface area contributed by atoms with Crippen LogP contribution in [-0.2, 0) is 4.79 Å². The molecule has 0 aliphatic carbocycles. The molecule has 90 valence electrons. The normalized spacial score (nSPS) is 6.67. The third kappa shape index (κ3) is 19.8. The number of carboxylic acid groups (broad SMARTS) is 1. The summed E-state index contributed by atoms with van der Waals surface area (Å²) in [6.45, 7) is 13.3. The van der Waals surface area contributed by atoms with Gasteiger partial charge in [-0.1, -0.05) is 74.9 Å². The SMILES string of the molecule is C=CC(=O)[O-].C=CC=C.C=Cc1ccccc1.[Li+]. The zero-order valence-corrected chi connectivity index (χ0v) is 10.8. The van der Waals surface area contributed by atoms with E-state index in [0.717, 1.165) is 6.08 Å². The second-order valence-electron chi connectivity index (χ2n) is 2.61. The molecule has 0 saturated carbocycles. The van der Waals surface area contributed by atoms with Crippen molar-refractivity contribution in [3.63, 3.8) is 0 Å². The molecule has 0 fully saturated rings. The maximum atomic E-state index is 9.14. The molecule has 0 aromatic heterocycles. The fourth-order valence-corrected chi connectivity index (χ4v) is 0.589. The summed E-state index contributed by atoms with van der Waals surface area (Å²) in [7, 11) is 0. The van der Waals surface area contributed by atoms with Crippen molar-refractivity contribution >= 4 is 12.0 Å². The molecule has 2 nitrogen and oxygen atoms in total. The fraction of sp³-hybridized carbons (Fsp3) is 0. The van der Waals surface area contributed by atoms with Crippen molar-refractivity contribution < 1.29 is 28.8 Å². The van der Waals surface area contributed by atoms with Crippen molar-refractivity contribution in [1.29, 1.82) is 0 Å². The first-order chi connectivity index (χ1) is 8.12. The van der Waals surface area contributed by atoms with Crippen LogP contribution >= 0.6 is 0 Å². The molecule has 1 aromatic carbocycles. The fourth-order valence-electron chi connectivity index (χ4n) is 0.589. The Morgan fingerprint density at radius 3 is 1.56 bits per heavy atom. The van der Waals surface area contributed by atoms with Gasteiger partial charge in [0.25, 0.3) is 0 Å². The van der Waals surface area contributed by atoms with Crippen molar-refractivity contribution in [3.05, 3.63) is 80.4 Å². The predicted molar refractivity (Wildman–Crippen MR) is 72.1 cm³/mol. The second kappa shape index (κ2) is 17.6. The molecule has 3 heteroatoms. The van der Waals surface area contributed by atoms with Gasteiger partial charge in [0.05, 0.1) is 5.97 Å². The molecular formula is C15H17LiO2. The minimum atomic E-state index is -1.23. The molecule has 0 aliphatic rings. The Labute approximate surface area is 121 Å². The Morgan fingerprint density at radius 1 is 1.00 bits per heavy atom. The molecule has 1 rings (SSSR count). The summed E-state index contributed by atoms with van der Waals surface area (Å²) < 4.78 is 0. The van der Waals surface area contributed by atoms with Crippen LogP contribution in [-0.4, -0.2) is 5.97 Å². The monoisotopic (exact) mass is 236 g/mol. The molecule has 18 heavy (non-hydrogen) atoms. The number of benzene rings is 1. The van der Waals surface area contributed by atoms with Crippen molar-refractivity contribution in [2.24, 2.45) is 0 Å². The minimum Gasteiger partial charge on any atom is -0.545 e. The average Bonchev–Trinajstić information content (AvgIpc) is 2.40. The summed E-state index contributed by atoms with van der Waals surface area (Å²) in [4.78, 5) is 9.14. The zero-order chi connectivity index (χ0) is 13.5. The first-order valence-electron chi connectivity index (χ1n) is 4.86. The summed E-state index contributed by atoms with van der Waals surface area (Å²) in [6.07, 6.45) is 5.83. The molecule has 0 bridgehead atoms. The zero-order valence-electron chi connectivity index (χ0n) is 10.8. The summed E-state index contributed by atoms with van der Waals surface area (Å²) in [5.74, 6) is -1.23. The van der Waals surface area contributed by atoms with E-state index < -0.39 is 5.97 Å². The first-order valence-corrected chi connectivity index (χ1v) is 4.86. The molecule has 0 atom stereocenters. The van der Waals surface area contributed by atoms with Crippen LogP contribution in [0.4, 0.5) is 0 Å². The van der Waals surface area contributed by atoms with Gasteiger partial charge in [-0.05, 0) is 11.6 Å². The van der Waals surface area contributed by atoms with E-state index >= 15 is 0 Å². The van der Waals surface area contributed by atoms with Crippen LogP contribution in [0.25, 0.3) is 6.08 Å². The van der Waals surface area contributed by atoms with E-state index in [1.54, 1.807) is 12.2 Å². The third-order valence-corrected chi connectivity index (χ3v) is 1.37. The third-order valence-electron chi connectivity index (χ3n) is 1.37. The van der Waals surface area contributed by atoms with Crippen molar-refractivity contribution in [3.8, 4) is 0 Å². The molecule has 0 radical (unpaired) electrons. The van der Waals surface area contributed by atoms with Crippen LogP contribution in [0.2, 0.25) is 0 Å². The molecule has 0 amide bonds. The number of hydrogen-bond acceptors (Lipinski definition) is 2. The minimum absolute atomic E-state index is 0. The van der Waals surface area contributed by atoms with Gasteiger partial charge in [0, 0.05) is 0 Å². The Kier molecular flexibility index (Phi) is 21.1. The summed E-state index contributed by atoms with van der Waals surface area (Å²) in [5.41, 5.74) is 1.17. The van der Waals surface area contributed by atoms with Gasteiger partial charge in [0.15, 0.2) is 0 Å². The van der Waals surface area contributed by atoms with Crippen LogP contribution in [0.3, 0.4) is 0 Å². The van der Waals surface area contributed by atoms with E-state index in [4.69, 9.17) is 9.90 Å². The van der Waals surface area contributed by atoms with Crippen LogP contribution < -0.4 is 24.0 Å². The van der Waals surface area contributed by atoms with Crippen LogP contribution in [0, 0.1) is 0 Å². The molecule has 0 N–H and O–H groups in total. The molecule has 0 unspecified atom stereocenters. The maximum Gasteiger partial charge on any atom is 1.00 e. The van der Waals surface area contributed by atoms with E-state index in [9.17, 15) is 0 Å². The van der Waals surface area contributed by atoms with E-state index in [1.165, 1.54) is 5.56 Å². The molecule has 0 saturated heterocycles. The number of allylic oxidation sites excluding steroid dienone is 2. The van der Waals surface area contributed by atoms with Gasteiger partial charge in [-0.3, -0.25) is 0 Å². The molecular weight excluding hydrogens is 219 g/mol. The van der Waals surface area contributed by atoms with E-state index in [-0.39, 0.29) is 18.9 Å². The Bertz CT molecular complexity index is 350. The summed E-state index contributed by atoms with van der Waals surface area (Å²) in [6, 6.07) is 10.0. The van der Waals surface area contributed by atoms with Gasteiger partial charge in [-0.25, -0.2) is 0 Å². The van der Waals surface area contributed by atoms with Gasteiger partial charge in [0.1, 0.15) is 0 Å². The molecule has 0 heterocycles. The van der Waals surface area contributed by atoms with Gasteiger partial charge in [0.2, 0.25) is 0 Å². The molecule has 0 spiro atoms. The van der Waals surface area contributed by atoms with Gasteiger partial charge in [-0.2, -0.15) is 0 Å². The van der Waals surface area contributed by atoms with E-state index in [1.807, 2.05) is 36.4 Å². The van der Waals surface area contributed by atoms with E-state index in [0.29, 0.717) is 0 Å². The van der Waals surface area contributed by atoms with Crippen LogP contribution in [0.5, 0.6) is 0 Å².